The van der Waals surface area contributed by atoms with Crippen molar-refractivity contribution in [2.24, 2.45) is 0 Å². The number of carbonyl (C=O) groups excluding carboxylic acids is 2. The molecule has 1 aromatic heterocycles. The number of rotatable bonds is 7. The molecule has 1 atom stereocenters. The van der Waals surface area contributed by atoms with Crippen LogP contribution in [-0.4, -0.2) is 72.8 Å². The van der Waals surface area contributed by atoms with Crippen LogP contribution in [-0.2, 0) is 33.7 Å². The van der Waals surface area contributed by atoms with Gasteiger partial charge < -0.3 is 28.7 Å². The van der Waals surface area contributed by atoms with E-state index in [1.165, 1.54) is 0 Å². The predicted molar refractivity (Wildman–Crippen MR) is 163 cm³/mol. The van der Waals surface area contributed by atoms with Gasteiger partial charge in [-0.05, 0) is 63.4 Å². The van der Waals surface area contributed by atoms with Gasteiger partial charge in [0.05, 0.1) is 39.6 Å². The first-order valence-electron chi connectivity index (χ1n) is 14.7. The fraction of sp³-hybridized carbons (Fsp3) is 0.455. The van der Waals surface area contributed by atoms with Gasteiger partial charge in [0, 0.05) is 36.0 Å². The Kier molecular flexibility index (Phi) is 8.80. The van der Waals surface area contributed by atoms with Crippen LogP contribution < -0.4 is 14.4 Å². The van der Waals surface area contributed by atoms with Crippen molar-refractivity contribution in [2.75, 3.05) is 45.4 Å². The lowest BCUT2D eigenvalue weighted by atomic mass is 9.99. The Hall–Kier alpha value is -4.27. The molecule has 228 valence electrons. The number of carbonyl (C=O) groups is 1. The zero-order valence-corrected chi connectivity index (χ0v) is 25.8. The molecule has 2 aliphatic rings. The lowest BCUT2D eigenvalue weighted by Crippen LogP contribution is -2.44. The Morgan fingerprint density at radius 2 is 1.86 bits per heavy atom. The fourth-order valence-electron chi connectivity index (χ4n) is 5.66. The van der Waals surface area contributed by atoms with Gasteiger partial charge in [-0.1, -0.05) is 19.1 Å². The molecule has 0 aliphatic carbocycles. The number of aryl methyl sites for hydroxylation is 1. The number of amides is 1. The minimum absolute atomic E-state index is 0.266. The van der Waals surface area contributed by atoms with Gasteiger partial charge in [0.1, 0.15) is 28.9 Å². The highest BCUT2D eigenvalue weighted by Gasteiger charge is 2.32. The Morgan fingerprint density at radius 3 is 2.51 bits per heavy atom. The molecule has 10 heteroatoms. The van der Waals surface area contributed by atoms with Crippen molar-refractivity contribution in [1.82, 2.24) is 14.7 Å². The van der Waals surface area contributed by atoms with E-state index in [0.717, 1.165) is 46.6 Å². The topological polar surface area (TPSA) is 95.4 Å². The van der Waals surface area contributed by atoms with Crippen LogP contribution in [0.15, 0.2) is 42.5 Å². The van der Waals surface area contributed by atoms with Crippen LogP contribution >= 0.6 is 0 Å². The number of nitrogens with zero attached hydrogens (tertiary/aromatic N) is 4. The van der Waals surface area contributed by atoms with Gasteiger partial charge in [-0.15, -0.1) is 0 Å². The first-order chi connectivity index (χ1) is 20.6. The number of fused-ring (bicyclic) bond motifs is 1. The number of hydrogen-bond donors (Lipinski definition) is 0. The van der Waals surface area contributed by atoms with Gasteiger partial charge in [0.15, 0.2) is 11.6 Å². The Labute approximate surface area is 252 Å². The summed E-state index contributed by atoms with van der Waals surface area (Å²) < 4.78 is 24.4. The number of aromatic nitrogens is 2. The number of methoxy groups -OCH3 is 2. The van der Waals surface area contributed by atoms with E-state index in [1.807, 2.05) is 72.8 Å². The number of ether oxygens (including phenoxy) is 4. The second-order valence-electron chi connectivity index (χ2n) is 11.7. The lowest BCUT2D eigenvalue weighted by Gasteiger charge is -2.34. The third-order valence-electron chi connectivity index (χ3n) is 7.75. The standard InChI is InChI=1S/C33H40N4O6/c1-7-27-26-14-15-36(28(21-38)31(26)37(34-27)19-23-10-13-25(40-5)18-29(23)41-6)24-11-8-22(9-12-24)30-20-35(16-17-42-30)32(39)43-33(2,3)4/h8-13,18,30H,7,14-17,19-20H2,1-6H3. The van der Waals surface area contributed by atoms with Crippen molar-refractivity contribution in [1.29, 1.82) is 0 Å². The van der Waals surface area contributed by atoms with Crippen LogP contribution in [0.25, 0.3) is 5.70 Å². The summed E-state index contributed by atoms with van der Waals surface area (Å²) in [6.07, 6.45) is 0.911. The van der Waals surface area contributed by atoms with E-state index in [4.69, 9.17) is 24.0 Å². The molecule has 2 aromatic carbocycles. The first kappa shape index (κ1) is 30.2. The van der Waals surface area contributed by atoms with Crippen molar-refractivity contribution in [3.05, 3.63) is 70.5 Å². The largest absolute Gasteiger partial charge is 0.497 e. The highest BCUT2D eigenvalue weighted by Crippen LogP contribution is 2.36. The predicted octanol–water partition coefficient (Wildman–Crippen LogP) is 5.05. The minimum Gasteiger partial charge on any atom is -0.497 e. The number of morpholine rings is 1. The molecule has 0 bridgehead atoms. The van der Waals surface area contributed by atoms with Crippen LogP contribution in [0.3, 0.4) is 0 Å². The summed E-state index contributed by atoms with van der Waals surface area (Å²) in [6.45, 7) is 10.1. The summed E-state index contributed by atoms with van der Waals surface area (Å²) >= 11 is 0. The molecule has 3 aromatic rings. The smallest absolute Gasteiger partial charge is 0.410 e. The first-order valence-corrected chi connectivity index (χ1v) is 14.7. The molecular formula is C33H40N4O6. The van der Waals surface area contributed by atoms with Crippen LogP contribution in [0.5, 0.6) is 11.5 Å². The Bertz CT molecular complexity index is 1520. The van der Waals surface area contributed by atoms with Crippen molar-refractivity contribution in [3.63, 3.8) is 0 Å². The van der Waals surface area contributed by atoms with E-state index < -0.39 is 5.60 Å². The van der Waals surface area contributed by atoms with Crippen molar-refractivity contribution >= 4 is 23.4 Å². The number of benzene rings is 2. The number of hydrogen-bond acceptors (Lipinski definition) is 8. The molecule has 5 rings (SSSR count). The monoisotopic (exact) mass is 588 g/mol. The summed E-state index contributed by atoms with van der Waals surface area (Å²) in [6, 6.07) is 13.7. The van der Waals surface area contributed by atoms with E-state index in [0.29, 0.717) is 50.0 Å². The van der Waals surface area contributed by atoms with Gasteiger partial charge in [-0.2, -0.15) is 5.10 Å². The molecular weight excluding hydrogens is 548 g/mol. The third-order valence-corrected chi connectivity index (χ3v) is 7.75. The van der Waals surface area contributed by atoms with Crippen molar-refractivity contribution in [3.8, 4) is 11.5 Å². The third kappa shape index (κ3) is 6.40. The van der Waals surface area contributed by atoms with E-state index in [2.05, 4.69) is 12.9 Å². The average molecular weight is 589 g/mol. The summed E-state index contributed by atoms with van der Waals surface area (Å²) in [5, 5.41) is 4.91. The van der Waals surface area contributed by atoms with Crippen LogP contribution in [0.2, 0.25) is 0 Å². The van der Waals surface area contributed by atoms with Crippen molar-refractivity contribution < 1.29 is 28.5 Å². The van der Waals surface area contributed by atoms with E-state index in [1.54, 1.807) is 19.1 Å². The molecule has 1 amide bonds. The van der Waals surface area contributed by atoms with Gasteiger partial charge in [-0.25, -0.2) is 9.59 Å². The number of anilines is 1. The van der Waals surface area contributed by atoms with Crippen LogP contribution in [0.1, 0.15) is 61.9 Å². The Morgan fingerprint density at radius 1 is 1.09 bits per heavy atom. The van der Waals surface area contributed by atoms with E-state index in [-0.39, 0.29) is 12.2 Å². The van der Waals surface area contributed by atoms with Gasteiger partial charge in [0.2, 0.25) is 0 Å². The molecule has 1 unspecified atom stereocenters. The summed E-state index contributed by atoms with van der Waals surface area (Å²) in [4.78, 5) is 28.9. The Balaban J connectivity index is 1.39. The maximum Gasteiger partial charge on any atom is 0.410 e. The molecule has 10 nitrogen and oxygen atoms in total. The highest BCUT2D eigenvalue weighted by molar-refractivity contribution is 5.96. The molecule has 1 saturated heterocycles. The maximum atomic E-state index is 12.6. The summed E-state index contributed by atoms with van der Waals surface area (Å²) in [5.41, 5.74) is 5.50. The molecule has 2 aliphatic heterocycles. The quantitative estimate of drug-likeness (QED) is 0.354. The zero-order chi connectivity index (χ0) is 30.7. The second kappa shape index (κ2) is 12.5. The maximum absolute atomic E-state index is 12.6. The summed E-state index contributed by atoms with van der Waals surface area (Å²) in [7, 11) is 3.25. The molecule has 0 saturated carbocycles. The van der Waals surface area contributed by atoms with Crippen LogP contribution in [0.4, 0.5) is 10.5 Å². The molecule has 43 heavy (non-hydrogen) atoms. The van der Waals surface area contributed by atoms with Gasteiger partial charge in [0.25, 0.3) is 0 Å². The molecule has 1 fully saturated rings. The molecule has 0 spiro atoms. The lowest BCUT2D eigenvalue weighted by molar-refractivity contribution is -0.0432. The second-order valence-corrected chi connectivity index (χ2v) is 11.7. The van der Waals surface area contributed by atoms with E-state index in [9.17, 15) is 9.59 Å². The van der Waals surface area contributed by atoms with E-state index >= 15 is 0 Å². The summed E-state index contributed by atoms with van der Waals surface area (Å²) in [5.74, 6) is 3.63. The molecule has 0 N–H and O–H groups in total. The zero-order valence-electron chi connectivity index (χ0n) is 25.8. The normalized spacial score (nSPS) is 16.9. The SMILES string of the molecule is CCc1nn(Cc2ccc(OC)cc2OC)c2c1CCN(c1ccc(C3CN(C(=O)OC(C)(C)C)CCO3)cc1)C2=C=O. The highest BCUT2D eigenvalue weighted by atomic mass is 16.6. The van der Waals surface area contributed by atoms with Crippen molar-refractivity contribution in [2.45, 2.75) is 58.8 Å². The molecule has 3 heterocycles. The molecule has 0 radical (unpaired) electrons. The average Bonchev–Trinajstić information content (AvgIpc) is 3.37. The fourth-order valence-corrected chi connectivity index (χ4v) is 5.66. The van der Waals surface area contributed by atoms with Gasteiger partial charge >= 0.3 is 6.09 Å². The van der Waals surface area contributed by atoms with Gasteiger partial charge in [-0.3, -0.25) is 4.68 Å². The van der Waals surface area contributed by atoms with Crippen LogP contribution in [0, 0.1) is 0 Å². The minimum atomic E-state index is -0.557.